The molecule has 1 aliphatic rings. The van der Waals surface area contributed by atoms with Crippen LogP contribution in [0, 0.1) is 19.1 Å². The number of anilines is 1. The molecule has 0 saturated heterocycles. The summed E-state index contributed by atoms with van der Waals surface area (Å²) in [5, 5.41) is 14.1. The van der Waals surface area contributed by atoms with E-state index in [1.54, 1.807) is 12.1 Å². The summed E-state index contributed by atoms with van der Waals surface area (Å²) in [4.78, 5) is 10.3. The fourth-order valence-corrected chi connectivity index (χ4v) is 3.07. The van der Waals surface area contributed by atoms with E-state index < -0.39 is 0 Å². The third-order valence-corrected chi connectivity index (χ3v) is 4.87. The van der Waals surface area contributed by atoms with Gasteiger partial charge in [0, 0.05) is 27.9 Å². The van der Waals surface area contributed by atoms with Crippen molar-refractivity contribution in [3.05, 3.63) is 31.9 Å². The van der Waals surface area contributed by atoms with E-state index in [0.717, 1.165) is 15.8 Å². The molecule has 1 fully saturated rings. The Labute approximate surface area is 120 Å². The molecule has 0 aromatic heterocycles. The molecule has 2 rings (SSSR count). The summed E-state index contributed by atoms with van der Waals surface area (Å²) in [7, 11) is 0. The second kappa shape index (κ2) is 5.42. The quantitative estimate of drug-likeness (QED) is 0.487. The highest BCUT2D eigenvalue weighted by atomic mass is 127. The van der Waals surface area contributed by atoms with Crippen LogP contribution in [-0.4, -0.2) is 11.5 Å². The monoisotopic (exact) mass is 360 g/mol. The number of nitrogens with zero attached hydrogens (tertiary/aromatic N) is 1. The summed E-state index contributed by atoms with van der Waals surface area (Å²) in [6.45, 7) is 3.21. The Morgan fingerprint density at radius 2 is 2.22 bits per heavy atom. The Kier molecular flexibility index (Phi) is 4.09. The highest BCUT2D eigenvalue weighted by Gasteiger charge is 2.34. The van der Waals surface area contributed by atoms with Crippen molar-refractivity contribution >= 4 is 34.0 Å². The first kappa shape index (κ1) is 13.6. The highest BCUT2D eigenvalue weighted by molar-refractivity contribution is 14.1. The maximum atomic E-state index is 10.7. The van der Waals surface area contributed by atoms with Crippen LogP contribution in [0.25, 0.3) is 0 Å². The molecule has 0 aliphatic heterocycles. The third kappa shape index (κ3) is 2.76. The minimum atomic E-state index is -0.356. The molecule has 0 heterocycles. The van der Waals surface area contributed by atoms with Gasteiger partial charge in [-0.1, -0.05) is 13.3 Å². The van der Waals surface area contributed by atoms with E-state index in [9.17, 15) is 10.1 Å². The first-order valence-electron chi connectivity index (χ1n) is 6.24. The summed E-state index contributed by atoms with van der Waals surface area (Å²) >= 11 is 2.15. The Bertz CT molecular complexity index is 453. The molecule has 1 N–H and O–H groups in total. The molecule has 1 aromatic rings. The Morgan fingerprint density at radius 3 is 2.67 bits per heavy atom. The van der Waals surface area contributed by atoms with Crippen LogP contribution in [0.3, 0.4) is 0 Å². The van der Waals surface area contributed by atoms with E-state index >= 15 is 0 Å². The van der Waals surface area contributed by atoms with Crippen molar-refractivity contribution in [1.29, 1.82) is 0 Å². The van der Waals surface area contributed by atoms with Crippen LogP contribution >= 0.6 is 22.6 Å². The van der Waals surface area contributed by atoms with Crippen molar-refractivity contribution in [3.63, 3.8) is 0 Å². The molecule has 1 aliphatic carbocycles. The van der Waals surface area contributed by atoms with Crippen molar-refractivity contribution in [1.82, 2.24) is 0 Å². The van der Waals surface area contributed by atoms with E-state index in [0.29, 0.717) is 5.41 Å². The highest BCUT2D eigenvalue weighted by Crippen LogP contribution is 2.43. The molecule has 98 valence electrons. The van der Waals surface area contributed by atoms with Crippen molar-refractivity contribution in [2.75, 3.05) is 11.9 Å². The van der Waals surface area contributed by atoms with Crippen molar-refractivity contribution in [2.24, 2.45) is 5.41 Å². The molecule has 1 aromatic carbocycles. The molecule has 1 saturated carbocycles. The van der Waals surface area contributed by atoms with Gasteiger partial charge in [0.2, 0.25) is 0 Å². The van der Waals surface area contributed by atoms with E-state index in [1.165, 1.54) is 25.7 Å². The van der Waals surface area contributed by atoms with Gasteiger partial charge in [0.1, 0.15) is 0 Å². The van der Waals surface area contributed by atoms with Crippen molar-refractivity contribution in [2.45, 2.75) is 32.6 Å². The van der Waals surface area contributed by atoms with Gasteiger partial charge >= 0.3 is 0 Å². The van der Waals surface area contributed by atoms with Gasteiger partial charge in [0.15, 0.2) is 0 Å². The van der Waals surface area contributed by atoms with E-state index in [-0.39, 0.29) is 10.6 Å². The van der Waals surface area contributed by atoms with Crippen molar-refractivity contribution < 1.29 is 4.92 Å². The SMILES string of the molecule is CCC1(CNc2ccc([N+](=O)[O-])cc2I)CCC1. The number of halogens is 1. The molecule has 0 unspecified atom stereocenters. The topological polar surface area (TPSA) is 55.2 Å². The lowest BCUT2D eigenvalue weighted by atomic mass is 9.67. The molecule has 0 radical (unpaired) electrons. The minimum absolute atomic E-state index is 0.152. The Morgan fingerprint density at radius 1 is 1.50 bits per heavy atom. The zero-order chi connectivity index (χ0) is 13.2. The second-order valence-electron chi connectivity index (χ2n) is 4.98. The predicted octanol–water partition coefficient (Wildman–Crippen LogP) is 4.19. The van der Waals surface area contributed by atoms with Crippen LogP contribution in [0.4, 0.5) is 11.4 Å². The fraction of sp³-hybridized carbons (Fsp3) is 0.538. The number of nitrogens with one attached hydrogen (secondary N) is 1. The molecule has 0 amide bonds. The summed E-state index contributed by atoms with van der Waals surface area (Å²) in [5.74, 6) is 0. The molecule has 4 nitrogen and oxygen atoms in total. The van der Waals surface area contributed by atoms with E-state index in [2.05, 4.69) is 34.8 Å². The van der Waals surface area contributed by atoms with Gasteiger partial charge in [-0.05, 0) is 53.3 Å². The normalized spacial score (nSPS) is 17.0. The van der Waals surface area contributed by atoms with E-state index in [1.807, 2.05) is 6.07 Å². The van der Waals surface area contributed by atoms with Crippen molar-refractivity contribution in [3.8, 4) is 0 Å². The minimum Gasteiger partial charge on any atom is -0.384 e. The zero-order valence-electron chi connectivity index (χ0n) is 10.4. The average Bonchev–Trinajstić information content (AvgIpc) is 2.29. The van der Waals surface area contributed by atoms with Gasteiger partial charge in [-0.25, -0.2) is 0 Å². The fourth-order valence-electron chi connectivity index (χ4n) is 2.38. The Balaban J connectivity index is 2.03. The maximum absolute atomic E-state index is 10.7. The molecule has 0 atom stereocenters. The summed E-state index contributed by atoms with van der Waals surface area (Å²) < 4.78 is 0.910. The molecule has 0 spiro atoms. The van der Waals surface area contributed by atoms with Gasteiger partial charge in [0.25, 0.3) is 5.69 Å². The van der Waals surface area contributed by atoms with Crippen LogP contribution in [0.2, 0.25) is 0 Å². The van der Waals surface area contributed by atoms with Crippen LogP contribution < -0.4 is 5.32 Å². The van der Waals surface area contributed by atoms with E-state index in [4.69, 9.17) is 0 Å². The summed E-state index contributed by atoms with van der Waals surface area (Å²) in [6.07, 6.45) is 5.11. The largest absolute Gasteiger partial charge is 0.384 e. The zero-order valence-corrected chi connectivity index (χ0v) is 12.6. The molecule has 18 heavy (non-hydrogen) atoms. The van der Waals surface area contributed by atoms with Crippen LogP contribution in [0.15, 0.2) is 18.2 Å². The number of hydrogen-bond acceptors (Lipinski definition) is 3. The number of non-ortho nitro benzene ring substituents is 1. The molecular weight excluding hydrogens is 343 g/mol. The maximum Gasteiger partial charge on any atom is 0.270 e. The van der Waals surface area contributed by atoms with Gasteiger partial charge in [-0.3, -0.25) is 10.1 Å². The number of benzene rings is 1. The third-order valence-electron chi connectivity index (χ3n) is 3.98. The molecular formula is C13H17IN2O2. The first-order chi connectivity index (χ1) is 8.56. The number of hydrogen-bond donors (Lipinski definition) is 1. The molecule has 5 heteroatoms. The van der Waals surface area contributed by atoms with Gasteiger partial charge in [-0.2, -0.15) is 0 Å². The predicted molar refractivity (Wildman–Crippen MR) is 80.9 cm³/mol. The van der Waals surface area contributed by atoms with Gasteiger partial charge < -0.3 is 5.32 Å². The van der Waals surface area contributed by atoms with Crippen LogP contribution in [-0.2, 0) is 0 Å². The number of rotatable bonds is 5. The second-order valence-corrected chi connectivity index (χ2v) is 6.14. The van der Waals surface area contributed by atoms with Crippen LogP contribution in [0.1, 0.15) is 32.6 Å². The van der Waals surface area contributed by atoms with Gasteiger partial charge in [0.05, 0.1) is 4.92 Å². The first-order valence-corrected chi connectivity index (χ1v) is 7.32. The standard InChI is InChI=1S/C13H17IN2O2/c1-2-13(6-3-7-13)9-15-12-5-4-10(16(17)18)8-11(12)14/h4-5,8,15H,2-3,6-7,9H2,1H3. The summed E-state index contributed by atoms with van der Waals surface area (Å²) in [6, 6.07) is 4.98. The molecule has 0 bridgehead atoms. The van der Waals surface area contributed by atoms with Gasteiger partial charge in [-0.15, -0.1) is 0 Å². The number of nitro benzene ring substituents is 1. The number of nitro groups is 1. The van der Waals surface area contributed by atoms with Crippen LogP contribution in [0.5, 0.6) is 0 Å². The summed E-state index contributed by atoms with van der Waals surface area (Å²) in [5.41, 5.74) is 1.60. The lowest BCUT2D eigenvalue weighted by Crippen LogP contribution is -2.35. The average molecular weight is 360 g/mol. The Hall–Kier alpha value is -0.850. The lowest BCUT2D eigenvalue weighted by Gasteiger charge is -2.41. The lowest BCUT2D eigenvalue weighted by molar-refractivity contribution is -0.384. The smallest absolute Gasteiger partial charge is 0.270 e.